The Hall–Kier alpha value is -1.32. The molecule has 1 aromatic carbocycles. The zero-order valence-electron chi connectivity index (χ0n) is 11.3. The molecular formula is C12H17N3O4S2. The third kappa shape index (κ3) is 4.08. The number of anilines is 1. The molecule has 1 heterocycles. The second-order valence-electron chi connectivity index (χ2n) is 4.89. The lowest BCUT2D eigenvalue weighted by molar-refractivity contribution is -0.383. The summed E-state index contributed by atoms with van der Waals surface area (Å²) in [7, 11) is -3.68. The Morgan fingerprint density at radius 1 is 1.38 bits per heavy atom. The van der Waals surface area contributed by atoms with Crippen molar-refractivity contribution in [2.45, 2.75) is 17.7 Å². The van der Waals surface area contributed by atoms with E-state index in [9.17, 15) is 18.5 Å². The number of rotatable bonds is 5. The summed E-state index contributed by atoms with van der Waals surface area (Å²) in [6, 6.07) is 3.44. The third-order valence-corrected chi connectivity index (χ3v) is 5.88. The van der Waals surface area contributed by atoms with Crippen LogP contribution < -0.4 is 10.5 Å². The fraction of sp³-hybridized carbons (Fsp3) is 0.500. The molecule has 0 radical (unpaired) electrons. The molecule has 116 valence electrons. The molecule has 1 saturated heterocycles. The Morgan fingerprint density at radius 2 is 2.05 bits per heavy atom. The second-order valence-corrected chi connectivity index (χ2v) is 7.88. The van der Waals surface area contributed by atoms with E-state index in [2.05, 4.69) is 4.72 Å². The smallest absolute Gasteiger partial charge is 0.292 e. The highest BCUT2D eigenvalue weighted by Crippen LogP contribution is 2.25. The van der Waals surface area contributed by atoms with Gasteiger partial charge in [-0.2, -0.15) is 11.8 Å². The first-order chi connectivity index (χ1) is 9.90. The van der Waals surface area contributed by atoms with Crippen LogP contribution in [0.5, 0.6) is 0 Å². The summed E-state index contributed by atoms with van der Waals surface area (Å²) in [6.45, 7) is 0.389. The molecule has 0 saturated carbocycles. The molecule has 2 rings (SSSR count). The maximum absolute atomic E-state index is 12.2. The van der Waals surface area contributed by atoms with Gasteiger partial charge in [0.25, 0.3) is 5.69 Å². The number of thioether (sulfide) groups is 1. The molecule has 0 aliphatic carbocycles. The van der Waals surface area contributed by atoms with E-state index in [0.29, 0.717) is 12.5 Å². The molecule has 0 amide bonds. The number of nitro groups is 1. The molecule has 0 bridgehead atoms. The summed E-state index contributed by atoms with van der Waals surface area (Å²) in [5.41, 5.74) is 5.07. The lowest BCUT2D eigenvalue weighted by atomic mass is 10.0. The largest absolute Gasteiger partial charge is 0.393 e. The number of nitrogen functional groups attached to an aromatic ring is 1. The van der Waals surface area contributed by atoms with Crippen LogP contribution in [0.2, 0.25) is 0 Å². The van der Waals surface area contributed by atoms with E-state index in [1.54, 1.807) is 0 Å². The molecule has 1 aliphatic heterocycles. The fourth-order valence-electron chi connectivity index (χ4n) is 2.13. The zero-order chi connectivity index (χ0) is 15.5. The van der Waals surface area contributed by atoms with Gasteiger partial charge in [-0.3, -0.25) is 10.1 Å². The van der Waals surface area contributed by atoms with Gasteiger partial charge in [0.05, 0.1) is 9.82 Å². The van der Waals surface area contributed by atoms with Gasteiger partial charge in [-0.05, 0) is 42.4 Å². The van der Waals surface area contributed by atoms with Crippen LogP contribution in [-0.4, -0.2) is 31.4 Å². The van der Waals surface area contributed by atoms with E-state index in [-0.39, 0.29) is 16.3 Å². The van der Waals surface area contributed by atoms with Gasteiger partial charge in [0.15, 0.2) is 0 Å². The molecular weight excluding hydrogens is 314 g/mol. The Labute approximate surface area is 127 Å². The molecule has 1 aliphatic rings. The summed E-state index contributed by atoms with van der Waals surface area (Å²) in [5, 5.41) is 10.7. The van der Waals surface area contributed by atoms with Crippen molar-refractivity contribution in [3.05, 3.63) is 28.3 Å². The number of nitro benzene ring substituents is 1. The normalized spacial score (nSPS) is 16.8. The highest BCUT2D eigenvalue weighted by Gasteiger charge is 2.21. The maximum Gasteiger partial charge on any atom is 0.292 e. The number of sulfonamides is 1. The quantitative estimate of drug-likeness (QED) is 0.481. The number of nitrogens with one attached hydrogen (secondary N) is 1. The summed E-state index contributed by atoms with van der Waals surface area (Å²) in [6.07, 6.45) is 1.99. The van der Waals surface area contributed by atoms with E-state index >= 15 is 0 Å². The lowest BCUT2D eigenvalue weighted by Crippen LogP contribution is -2.31. The monoisotopic (exact) mass is 331 g/mol. The zero-order valence-corrected chi connectivity index (χ0v) is 13.0. The van der Waals surface area contributed by atoms with Crippen molar-refractivity contribution in [1.29, 1.82) is 0 Å². The van der Waals surface area contributed by atoms with E-state index < -0.39 is 14.9 Å². The number of nitrogens with two attached hydrogens (primary N) is 1. The average Bonchev–Trinajstić information content (AvgIpc) is 2.46. The lowest BCUT2D eigenvalue weighted by Gasteiger charge is -2.21. The van der Waals surface area contributed by atoms with Crippen LogP contribution in [0.3, 0.4) is 0 Å². The minimum atomic E-state index is -3.68. The van der Waals surface area contributed by atoms with E-state index in [1.807, 2.05) is 11.8 Å². The molecule has 0 aromatic heterocycles. The molecule has 9 heteroatoms. The Bertz CT molecular complexity index is 627. The summed E-state index contributed by atoms with van der Waals surface area (Å²) in [4.78, 5) is 9.99. The molecule has 0 atom stereocenters. The molecule has 21 heavy (non-hydrogen) atoms. The number of benzene rings is 1. The molecule has 0 spiro atoms. The topological polar surface area (TPSA) is 115 Å². The van der Waals surface area contributed by atoms with Gasteiger partial charge < -0.3 is 5.73 Å². The highest BCUT2D eigenvalue weighted by molar-refractivity contribution is 7.99. The SMILES string of the molecule is Nc1cc(S(=O)(=O)NCC2CCSCC2)ccc1[N+](=O)[O-]. The van der Waals surface area contributed by atoms with Crippen LogP contribution in [0.4, 0.5) is 11.4 Å². The Kier molecular flexibility index (Phi) is 5.07. The van der Waals surface area contributed by atoms with Gasteiger partial charge in [-0.15, -0.1) is 0 Å². The summed E-state index contributed by atoms with van der Waals surface area (Å²) >= 11 is 1.88. The van der Waals surface area contributed by atoms with Crippen LogP contribution >= 0.6 is 11.8 Å². The predicted molar refractivity (Wildman–Crippen MR) is 82.7 cm³/mol. The van der Waals surface area contributed by atoms with Gasteiger partial charge in [0.2, 0.25) is 10.0 Å². The molecule has 1 aromatic rings. The van der Waals surface area contributed by atoms with Crippen molar-refractivity contribution in [1.82, 2.24) is 4.72 Å². The third-order valence-electron chi connectivity index (χ3n) is 3.41. The van der Waals surface area contributed by atoms with Crippen LogP contribution in [0.15, 0.2) is 23.1 Å². The summed E-state index contributed by atoms with van der Waals surface area (Å²) in [5.74, 6) is 2.45. The van der Waals surface area contributed by atoms with Gasteiger partial charge >= 0.3 is 0 Å². The predicted octanol–water partition coefficient (Wildman–Crippen LogP) is 1.60. The first-order valence-electron chi connectivity index (χ1n) is 6.51. The standard InChI is InChI=1S/C12H17N3O4S2/c13-11-7-10(1-2-12(11)15(16)17)21(18,19)14-8-9-3-5-20-6-4-9/h1-2,7,9,14H,3-6,8,13H2. The van der Waals surface area contributed by atoms with E-state index in [0.717, 1.165) is 36.5 Å². The van der Waals surface area contributed by atoms with Crippen LogP contribution in [0.1, 0.15) is 12.8 Å². The molecule has 7 nitrogen and oxygen atoms in total. The molecule has 0 unspecified atom stereocenters. The van der Waals surface area contributed by atoms with Crippen molar-refractivity contribution < 1.29 is 13.3 Å². The Morgan fingerprint density at radius 3 is 2.62 bits per heavy atom. The second kappa shape index (κ2) is 6.63. The first-order valence-corrected chi connectivity index (χ1v) is 9.15. The van der Waals surface area contributed by atoms with Crippen LogP contribution in [0.25, 0.3) is 0 Å². The van der Waals surface area contributed by atoms with Gasteiger partial charge in [0.1, 0.15) is 5.69 Å². The van der Waals surface area contributed by atoms with Crippen molar-refractivity contribution in [3.8, 4) is 0 Å². The van der Waals surface area contributed by atoms with Gasteiger partial charge in [0, 0.05) is 12.6 Å². The maximum atomic E-state index is 12.2. The van der Waals surface area contributed by atoms with Gasteiger partial charge in [-0.1, -0.05) is 0 Å². The molecule has 3 N–H and O–H groups in total. The van der Waals surface area contributed by atoms with Crippen molar-refractivity contribution in [3.63, 3.8) is 0 Å². The summed E-state index contributed by atoms with van der Waals surface area (Å²) < 4.78 is 26.9. The first kappa shape index (κ1) is 16.1. The average molecular weight is 331 g/mol. The van der Waals surface area contributed by atoms with E-state index in [1.165, 1.54) is 6.07 Å². The molecule has 1 fully saturated rings. The van der Waals surface area contributed by atoms with Crippen molar-refractivity contribution in [2.24, 2.45) is 5.92 Å². The van der Waals surface area contributed by atoms with Crippen molar-refractivity contribution >= 4 is 33.2 Å². The minimum absolute atomic E-state index is 0.0456. The van der Waals surface area contributed by atoms with E-state index in [4.69, 9.17) is 5.73 Å². The fourth-order valence-corrected chi connectivity index (χ4v) is 4.48. The van der Waals surface area contributed by atoms with Gasteiger partial charge in [-0.25, -0.2) is 13.1 Å². The number of nitrogens with zero attached hydrogens (tertiary/aromatic N) is 1. The minimum Gasteiger partial charge on any atom is -0.393 e. The van der Waals surface area contributed by atoms with Crippen molar-refractivity contribution in [2.75, 3.05) is 23.8 Å². The number of hydrogen-bond donors (Lipinski definition) is 2. The Balaban J connectivity index is 2.08. The highest BCUT2D eigenvalue weighted by atomic mass is 32.2. The van der Waals surface area contributed by atoms with Crippen LogP contribution in [-0.2, 0) is 10.0 Å². The van der Waals surface area contributed by atoms with Crippen LogP contribution in [0, 0.1) is 16.0 Å². The number of hydrogen-bond acceptors (Lipinski definition) is 6.